The SMILES string of the molecule is NCC1(C(=O)NC2(C(=O)O)CCOC2)CCOCC1. The smallest absolute Gasteiger partial charge is 0.331 e. The van der Waals surface area contributed by atoms with Crippen LogP contribution >= 0.6 is 0 Å². The summed E-state index contributed by atoms with van der Waals surface area (Å²) in [6.45, 7) is 1.48. The molecule has 0 saturated carbocycles. The van der Waals surface area contributed by atoms with Crippen LogP contribution in [0.5, 0.6) is 0 Å². The maximum absolute atomic E-state index is 12.5. The van der Waals surface area contributed by atoms with E-state index in [0.717, 1.165) is 0 Å². The van der Waals surface area contributed by atoms with E-state index in [1.165, 1.54) is 0 Å². The lowest BCUT2D eigenvalue weighted by Crippen LogP contribution is -2.60. The number of rotatable bonds is 4. The lowest BCUT2D eigenvalue weighted by molar-refractivity contribution is -0.151. The van der Waals surface area contributed by atoms with Crippen LogP contribution in [0.2, 0.25) is 0 Å². The van der Waals surface area contributed by atoms with Crippen molar-refractivity contribution in [3.05, 3.63) is 0 Å². The molecule has 7 heteroatoms. The van der Waals surface area contributed by atoms with E-state index in [0.29, 0.717) is 32.7 Å². The third-order valence-corrected chi connectivity index (χ3v) is 4.11. The van der Waals surface area contributed by atoms with E-state index in [1.54, 1.807) is 0 Å². The Kier molecular flexibility index (Phi) is 4.07. The Balaban J connectivity index is 2.12. The molecule has 0 aliphatic carbocycles. The second kappa shape index (κ2) is 5.44. The van der Waals surface area contributed by atoms with E-state index >= 15 is 0 Å². The summed E-state index contributed by atoms with van der Waals surface area (Å²) >= 11 is 0. The third-order valence-electron chi connectivity index (χ3n) is 4.11. The molecule has 2 saturated heterocycles. The number of hydrogen-bond donors (Lipinski definition) is 3. The Morgan fingerprint density at radius 3 is 2.26 bits per heavy atom. The highest BCUT2D eigenvalue weighted by atomic mass is 16.5. The minimum atomic E-state index is -1.31. The monoisotopic (exact) mass is 272 g/mol. The molecular weight excluding hydrogens is 252 g/mol. The van der Waals surface area contributed by atoms with Crippen LogP contribution in [-0.4, -0.2) is 55.5 Å². The van der Waals surface area contributed by atoms with Gasteiger partial charge in [-0.25, -0.2) is 4.79 Å². The minimum absolute atomic E-state index is 0.00518. The van der Waals surface area contributed by atoms with Gasteiger partial charge in [0.25, 0.3) is 0 Å². The first-order valence-electron chi connectivity index (χ1n) is 6.46. The van der Waals surface area contributed by atoms with Crippen molar-refractivity contribution >= 4 is 11.9 Å². The summed E-state index contributed by atoms with van der Waals surface area (Å²) in [5, 5.41) is 12.0. The number of ether oxygens (including phenoxy) is 2. The molecule has 0 aromatic rings. The fourth-order valence-corrected chi connectivity index (χ4v) is 2.52. The van der Waals surface area contributed by atoms with Gasteiger partial charge in [-0.05, 0) is 12.8 Å². The van der Waals surface area contributed by atoms with E-state index < -0.39 is 16.9 Å². The van der Waals surface area contributed by atoms with E-state index in [-0.39, 0.29) is 25.5 Å². The molecule has 2 aliphatic heterocycles. The van der Waals surface area contributed by atoms with Crippen molar-refractivity contribution < 1.29 is 24.2 Å². The molecule has 1 atom stereocenters. The van der Waals surface area contributed by atoms with Crippen LogP contribution in [0.25, 0.3) is 0 Å². The number of hydrogen-bond acceptors (Lipinski definition) is 5. The molecule has 2 heterocycles. The van der Waals surface area contributed by atoms with Crippen LogP contribution in [0.4, 0.5) is 0 Å². The van der Waals surface area contributed by atoms with Crippen LogP contribution in [-0.2, 0) is 19.1 Å². The number of aliphatic carboxylic acids is 1. The number of carboxylic acid groups (broad SMARTS) is 1. The van der Waals surface area contributed by atoms with Crippen LogP contribution in [0, 0.1) is 5.41 Å². The van der Waals surface area contributed by atoms with Gasteiger partial charge in [0.2, 0.25) is 5.91 Å². The molecule has 0 bridgehead atoms. The van der Waals surface area contributed by atoms with Gasteiger partial charge in [-0.3, -0.25) is 4.79 Å². The summed E-state index contributed by atoms with van der Waals surface area (Å²) in [7, 11) is 0. The summed E-state index contributed by atoms with van der Waals surface area (Å²) in [5.74, 6) is -1.36. The summed E-state index contributed by atoms with van der Waals surface area (Å²) in [5.41, 5.74) is 3.71. The number of carboxylic acids is 1. The topological polar surface area (TPSA) is 111 Å². The van der Waals surface area contributed by atoms with Gasteiger partial charge >= 0.3 is 5.97 Å². The average molecular weight is 272 g/mol. The number of carbonyl (C=O) groups excluding carboxylic acids is 1. The Morgan fingerprint density at radius 2 is 1.79 bits per heavy atom. The lowest BCUT2D eigenvalue weighted by Gasteiger charge is -2.37. The first kappa shape index (κ1) is 14.2. The zero-order valence-electron chi connectivity index (χ0n) is 10.8. The summed E-state index contributed by atoms with van der Waals surface area (Å²) in [6.07, 6.45) is 1.32. The summed E-state index contributed by atoms with van der Waals surface area (Å²) in [6, 6.07) is 0. The van der Waals surface area contributed by atoms with E-state index in [2.05, 4.69) is 5.32 Å². The molecule has 2 rings (SSSR count). The van der Waals surface area contributed by atoms with Gasteiger partial charge in [0.15, 0.2) is 5.54 Å². The summed E-state index contributed by atoms with van der Waals surface area (Å²) < 4.78 is 10.4. The molecule has 7 nitrogen and oxygen atoms in total. The second-order valence-corrected chi connectivity index (χ2v) is 5.24. The molecule has 4 N–H and O–H groups in total. The van der Waals surface area contributed by atoms with E-state index in [9.17, 15) is 14.7 Å². The normalized spacial score (nSPS) is 29.9. The molecule has 1 amide bonds. The highest BCUT2D eigenvalue weighted by Crippen LogP contribution is 2.31. The number of nitrogens with two attached hydrogens (primary N) is 1. The molecule has 0 aromatic carbocycles. The molecule has 2 fully saturated rings. The Hall–Kier alpha value is -1.18. The van der Waals surface area contributed by atoms with Crippen LogP contribution < -0.4 is 11.1 Å². The highest BCUT2D eigenvalue weighted by molar-refractivity contribution is 5.90. The molecule has 19 heavy (non-hydrogen) atoms. The quantitative estimate of drug-likeness (QED) is 0.612. The third kappa shape index (κ3) is 2.58. The van der Waals surface area contributed by atoms with Crippen LogP contribution in [0.15, 0.2) is 0 Å². The molecule has 0 radical (unpaired) electrons. The molecule has 1 unspecified atom stereocenters. The largest absolute Gasteiger partial charge is 0.479 e. The van der Waals surface area contributed by atoms with Gasteiger partial charge in [0.05, 0.1) is 12.0 Å². The Bertz CT molecular complexity index is 359. The second-order valence-electron chi connectivity index (χ2n) is 5.24. The van der Waals surface area contributed by atoms with Gasteiger partial charge < -0.3 is 25.6 Å². The molecular formula is C12H20N2O5. The van der Waals surface area contributed by atoms with E-state index in [1.807, 2.05) is 0 Å². The summed E-state index contributed by atoms with van der Waals surface area (Å²) in [4.78, 5) is 23.8. The molecule has 2 aliphatic rings. The Labute approximate surface area is 111 Å². The van der Waals surface area contributed by atoms with Gasteiger partial charge in [0, 0.05) is 32.8 Å². The fraction of sp³-hybridized carbons (Fsp3) is 0.833. The number of amides is 1. The van der Waals surface area contributed by atoms with Gasteiger partial charge in [-0.1, -0.05) is 0 Å². The predicted molar refractivity (Wildman–Crippen MR) is 65.5 cm³/mol. The first-order chi connectivity index (χ1) is 9.05. The maximum atomic E-state index is 12.5. The van der Waals surface area contributed by atoms with Crippen molar-refractivity contribution in [3.63, 3.8) is 0 Å². The number of carbonyl (C=O) groups is 2. The molecule has 108 valence electrons. The van der Waals surface area contributed by atoms with Crippen molar-refractivity contribution in [1.29, 1.82) is 0 Å². The standard InChI is InChI=1S/C12H20N2O5/c13-7-11(1-4-18-5-2-11)9(15)14-12(10(16)17)3-6-19-8-12/h1-8,13H2,(H,14,15)(H,16,17). The fourth-order valence-electron chi connectivity index (χ4n) is 2.52. The maximum Gasteiger partial charge on any atom is 0.331 e. The van der Waals surface area contributed by atoms with Crippen molar-refractivity contribution in [2.45, 2.75) is 24.8 Å². The Morgan fingerprint density at radius 1 is 1.16 bits per heavy atom. The van der Waals surface area contributed by atoms with Crippen molar-refractivity contribution in [2.75, 3.05) is 33.0 Å². The predicted octanol–water partition coefficient (Wildman–Crippen LogP) is -0.898. The lowest BCUT2D eigenvalue weighted by atomic mass is 9.78. The van der Waals surface area contributed by atoms with Gasteiger partial charge in [0.1, 0.15) is 0 Å². The zero-order valence-corrected chi connectivity index (χ0v) is 10.8. The van der Waals surface area contributed by atoms with Crippen LogP contribution in [0.1, 0.15) is 19.3 Å². The highest BCUT2D eigenvalue weighted by Gasteiger charge is 2.48. The first-order valence-corrected chi connectivity index (χ1v) is 6.46. The van der Waals surface area contributed by atoms with Crippen LogP contribution in [0.3, 0.4) is 0 Å². The molecule has 0 spiro atoms. The van der Waals surface area contributed by atoms with Gasteiger partial charge in [-0.2, -0.15) is 0 Å². The number of nitrogens with one attached hydrogen (secondary N) is 1. The van der Waals surface area contributed by atoms with Crippen molar-refractivity contribution in [2.24, 2.45) is 11.1 Å². The zero-order chi connectivity index (χ0) is 13.9. The molecule has 0 aromatic heterocycles. The van der Waals surface area contributed by atoms with E-state index in [4.69, 9.17) is 15.2 Å². The average Bonchev–Trinajstić information content (AvgIpc) is 2.89. The van der Waals surface area contributed by atoms with Gasteiger partial charge in [-0.15, -0.1) is 0 Å². The van der Waals surface area contributed by atoms with Crippen molar-refractivity contribution in [3.8, 4) is 0 Å². The van der Waals surface area contributed by atoms with Crippen molar-refractivity contribution in [1.82, 2.24) is 5.32 Å². The minimum Gasteiger partial charge on any atom is -0.479 e.